The van der Waals surface area contributed by atoms with Gasteiger partial charge in [0.15, 0.2) is 0 Å². The van der Waals surface area contributed by atoms with Crippen molar-refractivity contribution in [3.8, 4) is 0 Å². The molecule has 0 aromatic heterocycles. The van der Waals surface area contributed by atoms with Gasteiger partial charge in [0, 0.05) is 16.6 Å². The number of aryl methyl sites for hydroxylation is 1. The van der Waals surface area contributed by atoms with Gasteiger partial charge in [-0.15, -0.1) is 0 Å². The van der Waals surface area contributed by atoms with Gasteiger partial charge in [-0.05, 0) is 72.4 Å². The zero-order chi connectivity index (χ0) is 23.4. The van der Waals surface area contributed by atoms with Gasteiger partial charge in [0.1, 0.15) is 0 Å². The number of amides is 1. The Morgan fingerprint density at radius 1 is 0.970 bits per heavy atom. The minimum atomic E-state index is -3.95. The van der Waals surface area contributed by atoms with E-state index >= 15 is 0 Å². The van der Waals surface area contributed by atoms with Crippen LogP contribution in [0.15, 0.2) is 77.7 Å². The van der Waals surface area contributed by atoms with Crippen LogP contribution in [0.5, 0.6) is 0 Å². The van der Waals surface area contributed by atoms with E-state index in [2.05, 4.69) is 11.4 Å². The van der Waals surface area contributed by atoms with Gasteiger partial charge in [-0.3, -0.25) is 4.79 Å². The molecule has 3 aromatic carbocycles. The van der Waals surface area contributed by atoms with Crippen molar-refractivity contribution >= 4 is 39.1 Å². The first-order chi connectivity index (χ1) is 15.8. The van der Waals surface area contributed by atoms with Crippen LogP contribution in [0, 0.1) is 0 Å². The highest BCUT2D eigenvalue weighted by Crippen LogP contribution is 2.29. The maximum atomic E-state index is 13.4. The SMILES string of the molecule is O=C(CN(Cc1cccc(Cl)c1)S(=O)(=O)c1ccc(Cl)cc1)N[C@@H]1CCCc2ccccc21. The number of sulfonamides is 1. The number of hydrogen-bond donors (Lipinski definition) is 1. The van der Waals surface area contributed by atoms with E-state index in [4.69, 9.17) is 23.2 Å². The Hall–Kier alpha value is -2.38. The second-order valence-electron chi connectivity index (χ2n) is 8.07. The Morgan fingerprint density at radius 3 is 2.48 bits per heavy atom. The second-order valence-corrected chi connectivity index (χ2v) is 10.9. The van der Waals surface area contributed by atoms with E-state index in [1.807, 2.05) is 18.2 Å². The number of benzene rings is 3. The van der Waals surface area contributed by atoms with Gasteiger partial charge in [0.25, 0.3) is 0 Å². The number of carbonyl (C=O) groups excluding carboxylic acids is 1. The summed E-state index contributed by atoms with van der Waals surface area (Å²) in [4.78, 5) is 13.1. The first-order valence-corrected chi connectivity index (χ1v) is 12.9. The summed E-state index contributed by atoms with van der Waals surface area (Å²) >= 11 is 12.0. The van der Waals surface area contributed by atoms with E-state index in [-0.39, 0.29) is 29.9 Å². The summed E-state index contributed by atoms with van der Waals surface area (Å²) in [5, 5.41) is 3.98. The standard InChI is InChI=1S/C25H24Cl2N2O3S/c26-20-11-13-22(14-12-20)33(31,32)29(16-18-5-3-8-21(27)15-18)17-25(30)28-24-10-4-7-19-6-1-2-9-23(19)24/h1-3,5-6,8-9,11-15,24H,4,7,10,16-17H2,(H,28,30)/t24-/m1/s1. The molecule has 0 aliphatic heterocycles. The fourth-order valence-electron chi connectivity index (χ4n) is 4.12. The van der Waals surface area contributed by atoms with Crippen LogP contribution in [0.3, 0.4) is 0 Å². The molecule has 1 aliphatic carbocycles. The second kappa shape index (κ2) is 10.3. The average Bonchev–Trinajstić information content (AvgIpc) is 2.79. The molecule has 0 radical (unpaired) electrons. The number of nitrogens with one attached hydrogen (secondary N) is 1. The molecule has 1 atom stereocenters. The Kier molecular flexibility index (Phi) is 7.39. The van der Waals surface area contributed by atoms with Gasteiger partial charge >= 0.3 is 0 Å². The fraction of sp³-hybridized carbons (Fsp3) is 0.240. The lowest BCUT2D eigenvalue weighted by molar-refractivity contribution is -0.122. The molecule has 0 unspecified atom stereocenters. The van der Waals surface area contributed by atoms with Crippen molar-refractivity contribution in [3.63, 3.8) is 0 Å². The largest absolute Gasteiger partial charge is 0.348 e. The molecule has 3 aromatic rings. The van der Waals surface area contributed by atoms with E-state index in [0.29, 0.717) is 15.6 Å². The van der Waals surface area contributed by atoms with Crippen molar-refractivity contribution in [2.45, 2.75) is 36.7 Å². The molecule has 0 heterocycles. The lowest BCUT2D eigenvalue weighted by atomic mass is 9.88. The Morgan fingerprint density at radius 2 is 1.73 bits per heavy atom. The molecule has 5 nitrogen and oxygen atoms in total. The summed E-state index contributed by atoms with van der Waals surface area (Å²) in [5.41, 5.74) is 3.01. The monoisotopic (exact) mass is 502 g/mol. The highest BCUT2D eigenvalue weighted by Gasteiger charge is 2.29. The zero-order valence-electron chi connectivity index (χ0n) is 17.9. The van der Waals surface area contributed by atoms with Crippen molar-refractivity contribution < 1.29 is 13.2 Å². The van der Waals surface area contributed by atoms with Crippen LogP contribution in [-0.2, 0) is 27.8 Å². The molecule has 0 bridgehead atoms. The van der Waals surface area contributed by atoms with Crippen molar-refractivity contribution in [1.82, 2.24) is 9.62 Å². The van der Waals surface area contributed by atoms with Crippen LogP contribution < -0.4 is 5.32 Å². The molecule has 1 amide bonds. The summed E-state index contributed by atoms with van der Waals surface area (Å²) in [5.74, 6) is -0.351. The first kappa shape index (κ1) is 23.8. The predicted octanol–water partition coefficient (Wildman–Crippen LogP) is 5.38. The molecule has 8 heteroatoms. The molecule has 172 valence electrons. The maximum Gasteiger partial charge on any atom is 0.243 e. The van der Waals surface area contributed by atoms with Crippen molar-refractivity contribution in [2.24, 2.45) is 0 Å². The smallest absolute Gasteiger partial charge is 0.243 e. The molecule has 4 rings (SSSR count). The van der Waals surface area contributed by atoms with E-state index < -0.39 is 10.0 Å². The van der Waals surface area contributed by atoms with Crippen LogP contribution in [0.1, 0.15) is 35.6 Å². The third-order valence-electron chi connectivity index (χ3n) is 5.72. The zero-order valence-corrected chi connectivity index (χ0v) is 20.2. The van der Waals surface area contributed by atoms with Gasteiger partial charge in [-0.2, -0.15) is 4.31 Å². The highest BCUT2D eigenvalue weighted by atomic mass is 35.5. The van der Waals surface area contributed by atoms with Gasteiger partial charge in [0.05, 0.1) is 17.5 Å². The van der Waals surface area contributed by atoms with E-state index in [9.17, 15) is 13.2 Å². The third-order valence-corrected chi connectivity index (χ3v) is 8.02. The molecule has 1 N–H and O–H groups in total. The lowest BCUT2D eigenvalue weighted by Gasteiger charge is -2.28. The Bertz CT molecular complexity index is 1250. The van der Waals surface area contributed by atoms with Crippen LogP contribution in [-0.4, -0.2) is 25.2 Å². The Balaban J connectivity index is 1.58. The molecular weight excluding hydrogens is 479 g/mol. The summed E-state index contributed by atoms with van der Waals surface area (Å²) in [6.45, 7) is -0.295. The van der Waals surface area contributed by atoms with Gasteiger partial charge in [-0.1, -0.05) is 59.6 Å². The number of nitrogens with zero attached hydrogens (tertiary/aromatic N) is 1. The fourth-order valence-corrected chi connectivity index (χ4v) is 5.85. The topological polar surface area (TPSA) is 66.5 Å². The minimum absolute atomic E-state index is 0.0141. The Labute approximate surface area is 204 Å². The normalized spacial score (nSPS) is 15.8. The number of halogens is 2. The number of rotatable bonds is 7. The van der Waals surface area contributed by atoms with E-state index in [1.165, 1.54) is 34.1 Å². The predicted molar refractivity (Wildman–Crippen MR) is 131 cm³/mol. The number of fused-ring (bicyclic) bond motifs is 1. The minimum Gasteiger partial charge on any atom is -0.348 e. The molecular formula is C25H24Cl2N2O3S. The van der Waals surface area contributed by atoms with Gasteiger partial charge in [0.2, 0.25) is 15.9 Å². The first-order valence-electron chi connectivity index (χ1n) is 10.7. The van der Waals surface area contributed by atoms with Crippen LogP contribution >= 0.6 is 23.2 Å². The number of hydrogen-bond acceptors (Lipinski definition) is 3. The van der Waals surface area contributed by atoms with E-state index in [0.717, 1.165) is 24.8 Å². The van der Waals surface area contributed by atoms with Crippen LogP contribution in [0.25, 0.3) is 0 Å². The maximum absolute atomic E-state index is 13.4. The van der Waals surface area contributed by atoms with E-state index in [1.54, 1.807) is 24.3 Å². The average molecular weight is 503 g/mol. The molecule has 0 spiro atoms. The van der Waals surface area contributed by atoms with Gasteiger partial charge in [-0.25, -0.2) is 8.42 Å². The van der Waals surface area contributed by atoms with Crippen molar-refractivity contribution in [3.05, 3.63) is 99.5 Å². The summed E-state index contributed by atoms with van der Waals surface area (Å²) in [7, 11) is -3.95. The highest BCUT2D eigenvalue weighted by molar-refractivity contribution is 7.89. The molecule has 0 fully saturated rings. The quantitative estimate of drug-likeness (QED) is 0.471. The summed E-state index contributed by atoms with van der Waals surface area (Å²) in [6.07, 6.45) is 2.77. The molecule has 1 aliphatic rings. The lowest BCUT2D eigenvalue weighted by Crippen LogP contribution is -2.42. The number of carbonyl (C=O) groups is 1. The summed E-state index contributed by atoms with van der Waals surface area (Å²) < 4.78 is 28.0. The van der Waals surface area contributed by atoms with Crippen LogP contribution in [0.4, 0.5) is 0 Å². The third kappa shape index (κ3) is 5.76. The van der Waals surface area contributed by atoms with Crippen molar-refractivity contribution in [2.75, 3.05) is 6.54 Å². The van der Waals surface area contributed by atoms with Gasteiger partial charge < -0.3 is 5.32 Å². The molecule has 33 heavy (non-hydrogen) atoms. The summed E-state index contributed by atoms with van der Waals surface area (Å²) in [6, 6.07) is 20.8. The van der Waals surface area contributed by atoms with Crippen LogP contribution in [0.2, 0.25) is 10.0 Å². The molecule has 0 saturated carbocycles. The molecule has 0 saturated heterocycles. The van der Waals surface area contributed by atoms with Crippen molar-refractivity contribution in [1.29, 1.82) is 0 Å².